The van der Waals surface area contributed by atoms with Crippen LogP contribution in [0.3, 0.4) is 0 Å². The summed E-state index contributed by atoms with van der Waals surface area (Å²) in [5.41, 5.74) is 0.725. The number of fused-ring (bicyclic) bond motifs is 1. The highest BCUT2D eigenvalue weighted by molar-refractivity contribution is 6.00. The van der Waals surface area contributed by atoms with E-state index in [1.165, 1.54) is 6.92 Å². The van der Waals surface area contributed by atoms with Crippen molar-refractivity contribution in [2.75, 3.05) is 23.4 Å². The van der Waals surface area contributed by atoms with Crippen molar-refractivity contribution in [3.8, 4) is 5.75 Å². The molecule has 0 radical (unpaired) electrons. The number of benzene rings is 1. The first-order valence-corrected chi connectivity index (χ1v) is 6.82. The van der Waals surface area contributed by atoms with Gasteiger partial charge >= 0.3 is 0 Å². The van der Waals surface area contributed by atoms with Gasteiger partial charge < -0.3 is 15.0 Å². The van der Waals surface area contributed by atoms with Crippen LogP contribution in [0.15, 0.2) is 30.9 Å². The smallest absolute Gasteiger partial charge is 0.236 e. The van der Waals surface area contributed by atoms with Crippen LogP contribution in [0.4, 0.5) is 11.4 Å². The summed E-state index contributed by atoms with van der Waals surface area (Å²) in [5, 5.41) is 2.71. The molecule has 0 aromatic heterocycles. The van der Waals surface area contributed by atoms with E-state index in [9.17, 15) is 9.59 Å². The number of carbonyl (C=O) groups is 2. The van der Waals surface area contributed by atoms with Crippen LogP contribution in [0.25, 0.3) is 0 Å². The van der Waals surface area contributed by atoms with Crippen LogP contribution < -0.4 is 15.0 Å². The third-order valence-corrected chi connectivity index (χ3v) is 3.30. The molecule has 112 valence electrons. The number of hydrogen-bond acceptors (Lipinski definition) is 3. The summed E-state index contributed by atoms with van der Waals surface area (Å²) in [5.74, 6) is 0.429. The molecular weight excluding hydrogens is 268 g/mol. The molecule has 0 saturated carbocycles. The minimum atomic E-state index is -0.615. The molecular formula is C16H20N2O3. The Bertz CT molecular complexity index is 593. The van der Waals surface area contributed by atoms with Crippen LogP contribution in [-0.2, 0) is 9.59 Å². The summed E-state index contributed by atoms with van der Waals surface area (Å²) in [6.45, 7) is 9.56. The lowest BCUT2D eigenvalue weighted by Crippen LogP contribution is -2.42. The second-order valence-corrected chi connectivity index (χ2v) is 5.74. The zero-order valence-electron chi connectivity index (χ0n) is 12.6. The molecule has 0 unspecified atom stereocenters. The van der Waals surface area contributed by atoms with Crippen molar-refractivity contribution < 1.29 is 14.3 Å². The maximum Gasteiger partial charge on any atom is 0.236 e. The fourth-order valence-electron chi connectivity index (χ4n) is 2.24. The first kappa shape index (κ1) is 15.1. The summed E-state index contributed by atoms with van der Waals surface area (Å²) in [7, 11) is 0. The third kappa shape index (κ3) is 3.07. The largest absolute Gasteiger partial charge is 0.490 e. The highest BCUT2D eigenvalue weighted by atomic mass is 16.5. The molecule has 1 N–H and O–H groups in total. The SMILES string of the molecule is C=CCN1C(=O)C(C)(C)COc2cc(NC(C)=O)ccc21. The van der Waals surface area contributed by atoms with E-state index in [1.54, 1.807) is 29.2 Å². The van der Waals surface area contributed by atoms with Crippen LogP contribution in [-0.4, -0.2) is 25.0 Å². The van der Waals surface area contributed by atoms with Gasteiger partial charge in [-0.05, 0) is 26.0 Å². The first-order valence-electron chi connectivity index (χ1n) is 6.82. The monoisotopic (exact) mass is 288 g/mol. The van der Waals surface area contributed by atoms with Gasteiger partial charge in [-0.3, -0.25) is 9.59 Å². The lowest BCUT2D eigenvalue weighted by Gasteiger charge is -2.27. The fourth-order valence-corrected chi connectivity index (χ4v) is 2.24. The zero-order valence-corrected chi connectivity index (χ0v) is 12.6. The average molecular weight is 288 g/mol. The molecule has 2 amide bonds. The predicted octanol–water partition coefficient (Wildman–Crippen LogP) is 2.58. The van der Waals surface area contributed by atoms with E-state index in [4.69, 9.17) is 4.74 Å². The lowest BCUT2D eigenvalue weighted by atomic mass is 9.93. The highest BCUT2D eigenvalue weighted by Gasteiger charge is 2.37. The van der Waals surface area contributed by atoms with E-state index in [2.05, 4.69) is 11.9 Å². The van der Waals surface area contributed by atoms with Gasteiger partial charge in [0.2, 0.25) is 11.8 Å². The van der Waals surface area contributed by atoms with E-state index in [0.29, 0.717) is 23.7 Å². The third-order valence-electron chi connectivity index (χ3n) is 3.30. The molecule has 5 heteroatoms. The standard InChI is InChI=1S/C16H20N2O3/c1-5-8-18-13-7-6-12(17-11(2)19)9-14(13)21-10-16(3,4)15(18)20/h5-7,9H,1,8,10H2,2-4H3,(H,17,19). The highest BCUT2D eigenvalue weighted by Crippen LogP contribution is 2.38. The number of nitrogens with zero attached hydrogens (tertiary/aromatic N) is 1. The fraction of sp³-hybridized carbons (Fsp3) is 0.375. The molecule has 0 aliphatic carbocycles. The molecule has 21 heavy (non-hydrogen) atoms. The predicted molar refractivity (Wildman–Crippen MR) is 82.6 cm³/mol. The lowest BCUT2D eigenvalue weighted by molar-refractivity contribution is -0.127. The summed E-state index contributed by atoms with van der Waals surface area (Å²) in [6, 6.07) is 5.27. The van der Waals surface area contributed by atoms with Gasteiger partial charge in [-0.2, -0.15) is 0 Å². The van der Waals surface area contributed by atoms with Crippen LogP contribution in [0.5, 0.6) is 5.75 Å². The first-order chi connectivity index (χ1) is 9.85. The number of carbonyl (C=O) groups excluding carboxylic acids is 2. The van der Waals surface area contributed by atoms with E-state index in [0.717, 1.165) is 0 Å². The van der Waals surface area contributed by atoms with Gasteiger partial charge in [-0.1, -0.05) is 6.08 Å². The van der Waals surface area contributed by atoms with E-state index in [1.807, 2.05) is 13.8 Å². The Kier molecular flexibility index (Phi) is 4.02. The number of anilines is 2. The molecule has 0 atom stereocenters. The summed E-state index contributed by atoms with van der Waals surface area (Å²) >= 11 is 0. The average Bonchev–Trinajstić information content (AvgIpc) is 2.49. The van der Waals surface area contributed by atoms with Crippen molar-refractivity contribution in [1.29, 1.82) is 0 Å². The molecule has 0 bridgehead atoms. The van der Waals surface area contributed by atoms with Crippen LogP contribution in [0.1, 0.15) is 20.8 Å². The zero-order chi connectivity index (χ0) is 15.6. The van der Waals surface area contributed by atoms with Crippen molar-refractivity contribution in [1.82, 2.24) is 0 Å². The summed E-state index contributed by atoms with van der Waals surface area (Å²) in [4.78, 5) is 25.4. The molecule has 1 heterocycles. The molecule has 1 aliphatic rings. The molecule has 1 aromatic carbocycles. The Morgan fingerprint density at radius 1 is 1.52 bits per heavy atom. The maximum absolute atomic E-state index is 12.6. The summed E-state index contributed by atoms with van der Waals surface area (Å²) < 4.78 is 5.78. The molecule has 2 rings (SSSR count). The van der Waals surface area contributed by atoms with Crippen LogP contribution >= 0.6 is 0 Å². The molecule has 5 nitrogen and oxygen atoms in total. The quantitative estimate of drug-likeness (QED) is 0.870. The van der Waals surface area contributed by atoms with Crippen LogP contribution in [0, 0.1) is 5.41 Å². The van der Waals surface area contributed by atoms with Gasteiger partial charge in [0.15, 0.2) is 0 Å². The number of hydrogen-bond donors (Lipinski definition) is 1. The maximum atomic E-state index is 12.6. The van der Waals surface area contributed by atoms with Crippen molar-refractivity contribution in [2.45, 2.75) is 20.8 Å². The Morgan fingerprint density at radius 3 is 2.86 bits per heavy atom. The van der Waals surface area contributed by atoms with E-state index in [-0.39, 0.29) is 18.4 Å². The number of ether oxygens (including phenoxy) is 1. The van der Waals surface area contributed by atoms with Gasteiger partial charge in [-0.15, -0.1) is 6.58 Å². The second-order valence-electron chi connectivity index (χ2n) is 5.74. The van der Waals surface area contributed by atoms with Crippen molar-refractivity contribution in [3.63, 3.8) is 0 Å². The van der Waals surface area contributed by atoms with Gasteiger partial charge in [0.1, 0.15) is 12.4 Å². The topological polar surface area (TPSA) is 58.6 Å². The number of rotatable bonds is 3. The van der Waals surface area contributed by atoms with Crippen molar-refractivity contribution in [2.24, 2.45) is 5.41 Å². The molecule has 0 spiro atoms. The van der Waals surface area contributed by atoms with Crippen molar-refractivity contribution >= 4 is 23.2 Å². The Hall–Kier alpha value is -2.30. The minimum absolute atomic E-state index is 0.00609. The van der Waals surface area contributed by atoms with Gasteiger partial charge in [0.05, 0.1) is 11.1 Å². The van der Waals surface area contributed by atoms with E-state index < -0.39 is 5.41 Å². The molecule has 1 aromatic rings. The van der Waals surface area contributed by atoms with Gasteiger partial charge in [0, 0.05) is 25.2 Å². The van der Waals surface area contributed by atoms with Gasteiger partial charge in [0.25, 0.3) is 0 Å². The van der Waals surface area contributed by atoms with Crippen molar-refractivity contribution in [3.05, 3.63) is 30.9 Å². The number of amides is 2. The Labute approximate surface area is 124 Å². The molecule has 0 fully saturated rings. The second kappa shape index (κ2) is 5.60. The molecule has 1 aliphatic heterocycles. The van der Waals surface area contributed by atoms with E-state index >= 15 is 0 Å². The normalized spacial score (nSPS) is 16.5. The minimum Gasteiger partial charge on any atom is -0.490 e. The molecule has 0 saturated heterocycles. The Morgan fingerprint density at radius 2 is 2.24 bits per heavy atom. The van der Waals surface area contributed by atoms with Crippen LogP contribution in [0.2, 0.25) is 0 Å². The Balaban J connectivity index is 2.45. The summed E-state index contributed by atoms with van der Waals surface area (Å²) in [6.07, 6.45) is 1.69. The van der Waals surface area contributed by atoms with Gasteiger partial charge in [-0.25, -0.2) is 0 Å². The number of nitrogens with one attached hydrogen (secondary N) is 1.